The molecule has 3 aromatic rings. The fourth-order valence-electron chi connectivity index (χ4n) is 3.91. The van der Waals surface area contributed by atoms with Crippen molar-refractivity contribution in [1.29, 1.82) is 0 Å². The smallest absolute Gasteiger partial charge is 0.335 e. The molecule has 0 aliphatic carbocycles. The molecule has 1 saturated heterocycles. The van der Waals surface area contributed by atoms with Crippen LogP contribution in [0.25, 0.3) is 6.08 Å². The van der Waals surface area contributed by atoms with E-state index in [2.05, 4.69) is 11.9 Å². The van der Waals surface area contributed by atoms with Crippen molar-refractivity contribution in [3.63, 3.8) is 0 Å². The number of nitro groups is 1. The monoisotopic (exact) mass is 547 g/mol. The maximum absolute atomic E-state index is 13.2. The summed E-state index contributed by atoms with van der Waals surface area (Å²) in [6.45, 7) is 3.89. The Morgan fingerprint density at radius 3 is 2.38 bits per heavy atom. The highest BCUT2D eigenvalue weighted by molar-refractivity contribution is 6.39. The van der Waals surface area contributed by atoms with Crippen LogP contribution in [0.1, 0.15) is 16.7 Å². The Morgan fingerprint density at radius 1 is 1.08 bits per heavy atom. The third-order valence-electron chi connectivity index (χ3n) is 5.77. The summed E-state index contributed by atoms with van der Waals surface area (Å²) in [4.78, 5) is 49.6. The van der Waals surface area contributed by atoms with Gasteiger partial charge < -0.3 is 9.47 Å². The Kier molecular flexibility index (Phi) is 8.07. The highest BCUT2D eigenvalue weighted by Gasteiger charge is 2.36. The predicted molar refractivity (Wildman–Crippen MR) is 145 cm³/mol. The lowest BCUT2D eigenvalue weighted by Crippen LogP contribution is -2.54. The molecule has 0 atom stereocenters. The molecule has 11 heteroatoms. The van der Waals surface area contributed by atoms with E-state index in [-0.39, 0.29) is 23.6 Å². The molecule has 10 nitrogen and oxygen atoms in total. The number of halogens is 1. The zero-order chi connectivity index (χ0) is 28.1. The molecule has 4 amide bonds. The van der Waals surface area contributed by atoms with Gasteiger partial charge in [0.25, 0.3) is 17.5 Å². The van der Waals surface area contributed by atoms with Crippen LogP contribution < -0.4 is 19.7 Å². The van der Waals surface area contributed by atoms with Gasteiger partial charge in [0, 0.05) is 22.7 Å². The molecule has 3 aromatic carbocycles. The number of imide groups is 2. The number of allylic oxidation sites excluding steroid dienone is 1. The Bertz CT molecular complexity index is 1500. The van der Waals surface area contributed by atoms with Crippen LogP contribution in [0.2, 0.25) is 5.02 Å². The van der Waals surface area contributed by atoms with Gasteiger partial charge in [-0.05, 0) is 72.2 Å². The molecule has 0 radical (unpaired) electrons. The quantitative estimate of drug-likeness (QED) is 0.128. The molecule has 0 aromatic heterocycles. The zero-order valence-corrected chi connectivity index (χ0v) is 21.4. The number of barbiturate groups is 1. The maximum Gasteiger partial charge on any atom is 0.335 e. The van der Waals surface area contributed by atoms with Gasteiger partial charge in [-0.2, -0.15) is 0 Å². The zero-order valence-electron chi connectivity index (χ0n) is 20.7. The van der Waals surface area contributed by atoms with Gasteiger partial charge in [-0.15, -0.1) is 6.58 Å². The molecule has 39 heavy (non-hydrogen) atoms. The van der Waals surface area contributed by atoms with Crippen molar-refractivity contribution in [2.75, 3.05) is 12.0 Å². The van der Waals surface area contributed by atoms with Crippen LogP contribution in [0.5, 0.6) is 11.5 Å². The number of carbonyl (C=O) groups excluding carboxylic acids is 3. The van der Waals surface area contributed by atoms with E-state index in [9.17, 15) is 24.5 Å². The summed E-state index contributed by atoms with van der Waals surface area (Å²) in [5.74, 6) is -0.889. The fraction of sp³-hybridized carbons (Fsp3) is 0.107. The molecule has 198 valence electrons. The topological polar surface area (TPSA) is 128 Å². The van der Waals surface area contributed by atoms with E-state index in [0.29, 0.717) is 39.6 Å². The molecule has 0 bridgehead atoms. The molecule has 0 unspecified atom stereocenters. The van der Waals surface area contributed by atoms with Crippen LogP contribution in [-0.4, -0.2) is 29.9 Å². The number of hydrogen-bond donors (Lipinski definition) is 1. The number of non-ortho nitro benzene ring substituents is 1. The molecule has 1 N–H and O–H groups in total. The number of carbonyl (C=O) groups is 3. The number of methoxy groups -OCH3 is 1. The number of amides is 4. The SMILES string of the molecule is C=CCc1cc(/C=C2\C(=O)NC(=O)N(c3ccc(Cl)cc3)C2=O)cc(OC)c1OCc1ccc([N+](=O)[O-])cc1. The number of rotatable bonds is 9. The van der Waals surface area contributed by atoms with Gasteiger partial charge in [0.15, 0.2) is 11.5 Å². The first-order valence-corrected chi connectivity index (χ1v) is 11.9. The summed E-state index contributed by atoms with van der Waals surface area (Å²) >= 11 is 5.92. The minimum atomic E-state index is -0.871. The van der Waals surface area contributed by atoms with Gasteiger partial charge in [-0.3, -0.25) is 25.0 Å². The average molecular weight is 548 g/mol. The summed E-state index contributed by atoms with van der Waals surface area (Å²) in [7, 11) is 1.45. The number of ether oxygens (including phenoxy) is 2. The lowest BCUT2D eigenvalue weighted by Gasteiger charge is -2.26. The van der Waals surface area contributed by atoms with Gasteiger partial charge in [-0.1, -0.05) is 17.7 Å². The summed E-state index contributed by atoms with van der Waals surface area (Å²) in [6, 6.07) is 14.4. The number of nitro benzene ring substituents is 1. The van der Waals surface area contributed by atoms with Crippen LogP contribution in [0.15, 0.2) is 78.9 Å². The number of nitrogens with zero attached hydrogens (tertiary/aromatic N) is 2. The second kappa shape index (κ2) is 11.6. The molecular formula is C28H22ClN3O7. The summed E-state index contributed by atoms with van der Waals surface area (Å²) in [6.07, 6.45) is 3.39. The lowest BCUT2D eigenvalue weighted by atomic mass is 10.0. The average Bonchev–Trinajstić information content (AvgIpc) is 2.91. The Balaban J connectivity index is 1.66. The molecule has 0 saturated carbocycles. The van der Waals surface area contributed by atoms with Crippen LogP contribution in [0, 0.1) is 10.1 Å². The first-order chi connectivity index (χ1) is 18.7. The highest BCUT2D eigenvalue weighted by Crippen LogP contribution is 2.35. The number of urea groups is 1. The third-order valence-corrected chi connectivity index (χ3v) is 6.02. The molecule has 1 fully saturated rings. The van der Waals surface area contributed by atoms with E-state index in [0.717, 1.165) is 4.90 Å². The maximum atomic E-state index is 13.2. The standard InChI is InChI=1S/C28H22ClN3O7/c1-3-4-19-13-18(15-24(38-2)25(19)39-16-17-5-9-22(10-6-17)32(36)37)14-23-26(33)30-28(35)31(27(23)34)21-11-7-20(29)8-12-21/h3,5-15H,1,4,16H2,2H3,(H,30,33,35)/b23-14+. The Labute approximate surface area is 228 Å². The van der Waals surface area contributed by atoms with Crippen molar-refractivity contribution in [2.45, 2.75) is 13.0 Å². The van der Waals surface area contributed by atoms with Gasteiger partial charge in [0.05, 0.1) is 17.7 Å². The number of anilines is 1. The number of nitrogens with one attached hydrogen (secondary N) is 1. The van der Waals surface area contributed by atoms with Gasteiger partial charge in [0.1, 0.15) is 12.2 Å². The first-order valence-electron chi connectivity index (χ1n) is 11.6. The summed E-state index contributed by atoms with van der Waals surface area (Å²) in [5, 5.41) is 13.5. The lowest BCUT2D eigenvalue weighted by molar-refractivity contribution is -0.384. The molecule has 4 rings (SSSR count). The van der Waals surface area contributed by atoms with E-state index < -0.39 is 22.8 Å². The van der Waals surface area contributed by atoms with E-state index in [1.165, 1.54) is 49.6 Å². The van der Waals surface area contributed by atoms with Crippen molar-refractivity contribution < 1.29 is 28.8 Å². The van der Waals surface area contributed by atoms with Crippen molar-refractivity contribution >= 4 is 46.9 Å². The normalized spacial score (nSPS) is 14.3. The number of hydrogen-bond acceptors (Lipinski definition) is 7. The Morgan fingerprint density at radius 2 is 1.77 bits per heavy atom. The van der Waals surface area contributed by atoms with Crippen LogP contribution in [0.3, 0.4) is 0 Å². The first kappa shape index (κ1) is 27.1. The second-order valence-corrected chi connectivity index (χ2v) is 8.79. The van der Waals surface area contributed by atoms with E-state index in [4.69, 9.17) is 21.1 Å². The van der Waals surface area contributed by atoms with Crippen molar-refractivity contribution in [1.82, 2.24) is 5.32 Å². The molecule has 1 aliphatic rings. The van der Waals surface area contributed by atoms with Gasteiger partial charge >= 0.3 is 6.03 Å². The minimum Gasteiger partial charge on any atom is -0.493 e. The van der Waals surface area contributed by atoms with Crippen molar-refractivity contribution in [3.8, 4) is 11.5 Å². The van der Waals surface area contributed by atoms with Gasteiger partial charge in [-0.25, -0.2) is 9.69 Å². The second-order valence-electron chi connectivity index (χ2n) is 8.35. The van der Waals surface area contributed by atoms with Crippen LogP contribution in [0.4, 0.5) is 16.2 Å². The highest BCUT2D eigenvalue weighted by atomic mass is 35.5. The molecular weight excluding hydrogens is 526 g/mol. The molecule has 1 aliphatic heterocycles. The molecule has 0 spiro atoms. The summed E-state index contributed by atoms with van der Waals surface area (Å²) in [5.41, 5.74) is 1.78. The molecule has 1 heterocycles. The van der Waals surface area contributed by atoms with Crippen molar-refractivity contribution in [3.05, 3.63) is 111 Å². The van der Waals surface area contributed by atoms with Crippen LogP contribution in [-0.2, 0) is 22.6 Å². The Hall–Kier alpha value is -4.96. The largest absolute Gasteiger partial charge is 0.493 e. The van der Waals surface area contributed by atoms with E-state index in [1.54, 1.807) is 30.3 Å². The van der Waals surface area contributed by atoms with E-state index in [1.807, 2.05) is 0 Å². The van der Waals surface area contributed by atoms with E-state index >= 15 is 0 Å². The van der Waals surface area contributed by atoms with Gasteiger partial charge in [0.2, 0.25) is 0 Å². The number of benzene rings is 3. The van der Waals surface area contributed by atoms with Crippen LogP contribution >= 0.6 is 11.6 Å². The summed E-state index contributed by atoms with van der Waals surface area (Å²) < 4.78 is 11.5. The minimum absolute atomic E-state index is 0.0290. The van der Waals surface area contributed by atoms with Crippen molar-refractivity contribution in [2.24, 2.45) is 0 Å². The third kappa shape index (κ3) is 5.97. The predicted octanol–water partition coefficient (Wildman–Crippen LogP) is 5.23. The fourth-order valence-corrected chi connectivity index (χ4v) is 4.03.